The molecule has 1 N–H and O–H groups in total. The maximum atomic E-state index is 10.0. The van der Waals surface area contributed by atoms with Crippen LogP contribution >= 0.6 is 11.8 Å². The summed E-state index contributed by atoms with van der Waals surface area (Å²) in [7, 11) is 0. The summed E-state index contributed by atoms with van der Waals surface area (Å²) >= 11 is 1.59. The van der Waals surface area contributed by atoms with Gasteiger partial charge in [0, 0.05) is 11.7 Å². The van der Waals surface area contributed by atoms with Crippen molar-refractivity contribution in [3.63, 3.8) is 0 Å². The lowest BCUT2D eigenvalue weighted by Gasteiger charge is -2.09. The molecule has 0 saturated carbocycles. The van der Waals surface area contributed by atoms with Crippen molar-refractivity contribution >= 4 is 11.8 Å². The van der Waals surface area contributed by atoms with E-state index in [1.165, 1.54) is 0 Å². The summed E-state index contributed by atoms with van der Waals surface area (Å²) in [6.45, 7) is 4.06. The molecule has 0 aliphatic carbocycles. The van der Waals surface area contributed by atoms with Crippen LogP contribution in [0.5, 0.6) is 0 Å². The van der Waals surface area contributed by atoms with Crippen molar-refractivity contribution in [2.75, 3.05) is 5.75 Å². The van der Waals surface area contributed by atoms with E-state index in [1.807, 2.05) is 44.2 Å². The molecule has 0 bridgehead atoms. The number of rotatable bonds is 6. The van der Waals surface area contributed by atoms with Gasteiger partial charge in [-0.2, -0.15) is 4.98 Å². The van der Waals surface area contributed by atoms with Crippen molar-refractivity contribution in [3.8, 4) is 0 Å². The molecule has 0 fully saturated rings. The third-order valence-corrected chi connectivity index (χ3v) is 3.69. The van der Waals surface area contributed by atoms with Gasteiger partial charge >= 0.3 is 0 Å². The molecule has 0 radical (unpaired) electrons. The van der Waals surface area contributed by atoms with E-state index < -0.39 is 6.10 Å². The van der Waals surface area contributed by atoms with Gasteiger partial charge in [-0.15, -0.1) is 11.8 Å². The van der Waals surface area contributed by atoms with E-state index in [-0.39, 0.29) is 5.92 Å². The lowest BCUT2D eigenvalue weighted by atomic mass is 10.1. The fourth-order valence-corrected chi connectivity index (χ4v) is 2.42. The van der Waals surface area contributed by atoms with Gasteiger partial charge in [0.2, 0.25) is 5.89 Å². The Bertz CT molecular complexity index is 499. The third-order valence-electron chi connectivity index (χ3n) is 2.69. The van der Waals surface area contributed by atoms with Crippen molar-refractivity contribution in [1.82, 2.24) is 10.1 Å². The Hall–Kier alpha value is -1.33. The number of thioether (sulfide) groups is 1. The first-order valence-electron chi connectivity index (χ1n) is 6.30. The maximum absolute atomic E-state index is 10.0. The molecule has 1 aromatic heterocycles. The van der Waals surface area contributed by atoms with Crippen molar-refractivity contribution < 1.29 is 9.63 Å². The molecule has 19 heavy (non-hydrogen) atoms. The smallest absolute Gasteiger partial charge is 0.236 e. The minimum Gasteiger partial charge on any atom is -0.388 e. The standard InChI is InChI=1S/C14H18N2O2S/c1-10(2)14-15-13(18-16-14)9-19-8-12(17)11-6-4-3-5-7-11/h3-7,10,12,17H,8-9H2,1-2H3. The number of nitrogens with zero attached hydrogens (tertiary/aromatic N) is 2. The number of hydrogen-bond acceptors (Lipinski definition) is 5. The fourth-order valence-electron chi connectivity index (χ4n) is 1.59. The van der Waals surface area contributed by atoms with Gasteiger partial charge < -0.3 is 9.63 Å². The van der Waals surface area contributed by atoms with Crippen molar-refractivity contribution in [1.29, 1.82) is 0 Å². The Morgan fingerprint density at radius 2 is 2.00 bits per heavy atom. The van der Waals surface area contributed by atoms with Crippen molar-refractivity contribution in [2.24, 2.45) is 0 Å². The Morgan fingerprint density at radius 1 is 1.26 bits per heavy atom. The molecule has 0 saturated heterocycles. The highest BCUT2D eigenvalue weighted by Gasteiger charge is 2.11. The Kier molecular flexibility index (Phi) is 4.99. The van der Waals surface area contributed by atoms with Gasteiger partial charge in [-0.25, -0.2) is 0 Å². The molecule has 1 atom stereocenters. The minimum absolute atomic E-state index is 0.275. The first kappa shape index (κ1) is 14.1. The van der Waals surface area contributed by atoms with E-state index in [0.717, 1.165) is 11.4 Å². The number of aromatic nitrogens is 2. The van der Waals surface area contributed by atoms with Crippen LogP contribution in [-0.4, -0.2) is 21.0 Å². The van der Waals surface area contributed by atoms with Crippen LogP contribution in [0.3, 0.4) is 0 Å². The van der Waals surface area contributed by atoms with Crippen LogP contribution in [0.1, 0.15) is 43.1 Å². The zero-order chi connectivity index (χ0) is 13.7. The van der Waals surface area contributed by atoms with Crippen LogP contribution in [0.15, 0.2) is 34.9 Å². The molecule has 0 aliphatic heterocycles. The number of benzene rings is 1. The van der Waals surface area contributed by atoms with Gasteiger partial charge in [0.15, 0.2) is 5.82 Å². The highest BCUT2D eigenvalue weighted by atomic mass is 32.2. The molecule has 0 amide bonds. The van der Waals surface area contributed by atoms with Gasteiger partial charge in [0.25, 0.3) is 0 Å². The molecule has 1 unspecified atom stereocenters. The van der Waals surface area contributed by atoms with Crippen LogP contribution in [0, 0.1) is 0 Å². The van der Waals surface area contributed by atoms with Crippen molar-refractivity contribution in [3.05, 3.63) is 47.6 Å². The average molecular weight is 278 g/mol. The molecule has 1 heterocycles. The summed E-state index contributed by atoms with van der Waals surface area (Å²) in [5, 5.41) is 13.9. The number of aliphatic hydroxyl groups is 1. The number of hydrogen-bond donors (Lipinski definition) is 1. The van der Waals surface area contributed by atoms with E-state index in [2.05, 4.69) is 10.1 Å². The quantitative estimate of drug-likeness (QED) is 0.879. The second kappa shape index (κ2) is 6.73. The third kappa shape index (κ3) is 4.08. The summed E-state index contributed by atoms with van der Waals surface area (Å²) in [5.74, 6) is 2.87. The first-order chi connectivity index (χ1) is 9.16. The summed E-state index contributed by atoms with van der Waals surface area (Å²) in [6.07, 6.45) is -0.460. The van der Waals surface area contributed by atoms with Crippen LogP contribution in [0.4, 0.5) is 0 Å². The highest BCUT2D eigenvalue weighted by molar-refractivity contribution is 7.98. The molecular weight excluding hydrogens is 260 g/mol. The lowest BCUT2D eigenvalue weighted by molar-refractivity contribution is 0.204. The van der Waals surface area contributed by atoms with Crippen LogP contribution in [0.25, 0.3) is 0 Å². The van der Waals surface area contributed by atoms with Crippen molar-refractivity contribution in [2.45, 2.75) is 31.6 Å². The van der Waals surface area contributed by atoms with Gasteiger partial charge in [-0.3, -0.25) is 0 Å². The molecule has 1 aromatic carbocycles. The predicted molar refractivity (Wildman–Crippen MR) is 76.0 cm³/mol. The predicted octanol–water partition coefficient (Wildman–Crippen LogP) is 3.16. The largest absolute Gasteiger partial charge is 0.388 e. The Balaban J connectivity index is 1.80. The molecule has 2 rings (SSSR count). The fraction of sp³-hybridized carbons (Fsp3) is 0.429. The van der Waals surface area contributed by atoms with E-state index in [0.29, 0.717) is 17.4 Å². The SMILES string of the molecule is CC(C)c1noc(CSCC(O)c2ccccc2)n1. The summed E-state index contributed by atoms with van der Waals surface area (Å²) in [5.41, 5.74) is 0.934. The summed E-state index contributed by atoms with van der Waals surface area (Å²) in [4.78, 5) is 4.30. The van der Waals surface area contributed by atoms with E-state index in [4.69, 9.17) is 4.52 Å². The molecule has 0 spiro atoms. The molecule has 2 aromatic rings. The van der Waals surface area contributed by atoms with Gasteiger partial charge in [0.05, 0.1) is 11.9 Å². The van der Waals surface area contributed by atoms with E-state index in [9.17, 15) is 5.11 Å². The molecular formula is C14H18N2O2S. The first-order valence-corrected chi connectivity index (χ1v) is 7.45. The maximum Gasteiger partial charge on any atom is 0.236 e. The Labute approximate surface area is 117 Å². The summed E-state index contributed by atoms with van der Waals surface area (Å²) in [6, 6.07) is 9.64. The van der Waals surface area contributed by atoms with Crippen LogP contribution in [0.2, 0.25) is 0 Å². The topological polar surface area (TPSA) is 59.2 Å². The highest BCUT2D eigenvalue weighted by Crippen LogP contribution is 2.21. The molecule has 0 aliphatic rings. The Morgan fingerprint density at radius 3 is 2.63 bits per heavy atom. The van der Waals surface area contributed by atoms with Crippen LogP contribution < -0.4 is 0 Å². The molecule has 5 heteroatoms. The zero-order valence-electron chi connectivity index (χ0n) is 11.1. The van der Waals surface area contributed by atoms with Gasteiger partial charge in [-0.1, -0.05) is 49.3 Å². The molecule has 102 valence electrons. The van der Waals surface area contributed by atoms with Gasteiger partial charge in [0.1, 0.15) is 0 Å². The zero-order valence-corrected chi connectivity index (χ0v) is 11.9. The van der Waals surface area contributed by atoms with Crippen LogP contribution in [-0.2, 0) is 5.75 Å². The van der Waals surface area contributed by atoms with E-state index >= 15 is 0 Å². The average Bonchev–Trinajstić information content (AvgIpc) is 2.89. The monoisotopic (exact) mass is 278 g/mol. The number of aliphatic hydroxyl groups excluding tert-OH is 1. The second-order valence-corrected chi connectivity index (χ2v) is 5.67. The normalized spacial score (nSPS) is 12.8. The van der Waals surface area contributed by atoms with E-state index in [1.54, 1.807) is 11.8 Å². The molecule has 4 nitrogen and oxygen atoms in total. The van der Waals surface area contributed by atoms with Gasteiger partial charge in [-0.05, 0) is 5.56 Å². The second-order valence-electron chi connectivity index (χ2n) is 4.64. The lowest BCUT2D eigenvalue weighted by Crippen LogP contribution is -2.00. The minimum atomic E-state index is -0.460. The summed E-state index contributed by atoms with van der Waals surface area (Å²) < 4.78 is 5.15.